The zero-order valence-corrected chi connectivity index (χ0v) is 21.1. The first-order valence-electron chi connectivity index (χ1n) is 12.2. The Morgan fingerprint density at radius 1 is 0.946 bits per heavy atom. The number of anilines is 2. The predicted molar refractivity (Wildman–Crippen MR) is 145 cm³/mol. The molecule has 1 N–H and O–H groups in total. The first kappa shape index (κ1) is 24.2. The molecule has 1 fully saturated rings. The van der Waals surface area contributed by atoms with Crippen molar-refractivity contribution in [3.63, 3.8) is 0 Å². The van der Waals surface area contributed by atoms with E-state index in [1.54, 1.807) is 36.3 Å². The molecule has 0 spiro atoms. The number of hydrogen-bond acceptors (Lipinski definition) is 6. The maximum absolute atomic E-state index is 12.7. The third-order valence-electron chi connectivity index (χ3n) is 6.61. The second-order valence-electron chi connectivity index (χ2n) is 9.37. The van der Waals surface area contributed by atoms with Crippen molar-refractivity contribution < 1.29 is 9.59 Å². The average molecular weight is 496 g/mol. The van der Waals surface area contributed by atoms with Gasteiger partial charge in [0.05, 0.1) is 11.6 Å². The monoisotopic (exact) mass is 495 g/mol. The fourth-order valence-corrected chi connectivity index (χ4v) is 4.52. The second kappa shape index (κ2) is 10.2. The molecule has 3 amide bonds. The van der Waals surface area contributed by atoms with Crippen molar-refractivity contribution in [3.8, 4) is 11.1 Å². The van der Waals surface area contributed by atoms with Crippen molar-refractivity contribution in [1.29, 1.82) is 0 Å². The van der Waals surface area contributed by atoms with E-state index < -0.39 is 0 Å². The molecule has 1 atom stereocenters. The molecular weight excluding hydrogens is 466 g/mol. The molecule has 0 saturated carbocycles. The van der Waals surface area contributed by atoms with Crippen LogP contribution in [-0.2, 0) is 0 Å². The molecule has 2 aromatic carbocycles. The molecule has 2 aromatic heterocycles. The fraction of sp³-hybridized carbons (Fsp3) is 0.250. The van der Waals surface area contributed by atoms with Crippen LogP contribution in [0.15, 0.2) is 73.1 Å². The number of amides is 3. The second-order valence-corrected chi connectivity index (χ2v) is 9.37. The van der Waals surface area contributed by atoms with Gasteiger partial charge in [0.1, 0.15) is 5.82 Å². The number of carbonyl (C=O) groups excluding carboxylic acids is 2. The molecule has 5 rings (SSSR count). The van der Waals surface area contributed by atoms with Crippen LogP contribution in [0, 0.1) is 0 Å². The topological polar surface area (TPSA) is 94.6 Å². The lowest BCUT2D eigenvalue weighted by molar-refractivity contribution is 0.101. The molecule has 3 heterocycles. The number of nitrogens with one attached hydrogen (secondary N) is 1. The number of urea groups is 1. The Balaban J connectivity index is 1.25. The zero-order chi connectivity index (χ0) is 25.9. The molecule has 1 unspecified atom stereocenters. The molecule has 0 bridgehead atoms. The van der Waals surface area contributed by atoms with Crippen molar-refractivity contribution >= 4 is 34.3 Å². The normalized spacial score (nSPS) is 15.0. The number of nitrogens with zero attached hydrogens (tertiary/aromatic N) is 6. The summed E-state index contributed by atoms with van der Waals surface area (Å²) >= 11 is 0. The Kier molecular flexibility index (Phi) is 6.68. The number of hydrogen-bond donors (Lipinski definition) is 1. The third kappa shape index (κ3) is 5.20. The van der Waals surface area contributed by atoms with Crippen LogP contribution in [0.4, 0.5) is 16.3 Å². The largest absolute Gasteiger partial charge is 0.354 e. The third-order valence-corrected chi connectivity index (χ3v) is 6.61. The van der Waals surface area contributed by atoms with E-state index in [0.29, 0.717) is 5.69 Å². The van der Waals surface area contributed by atoms with E-state index in [0.717, 1.165) is 47.4 Å². The van der Waals surface area contributed by atoms with Crippen LogP contribution in [-0.4, -0.2) is 77.0 Å². The molecule has 188 valence electrons. The molecule has 9 nitrogen and oxygen atoms in total. The lowest BCUT2D eigenvalue weighted by Crippen LogP contribution is -2.44. The highest BCUT2D eigenvalue weighted by Crippen LogP contribution is 2.26. The van der Waals surface area contributed by atoms with Gasteiger partial charge in [-0.3, -0.25) is 4.79 Å². The highest BCUT2D eigenvalue weighted by molar-refractivity contribution is 6.02. The van der Waals surface area contributed by atoms with Gasteiger partial charge < -0.3 is 20.0 Å². The highest BCUT2D eigenvalue weighted by Gasteiger charge is 2.29. The number of aromatic nitrogens is 3. The van der Waals surface area contributed by atoms with Gasteiger partial charge in [-0.05, 0) is 42.3 Å². The first-order chi connectivity index (χ1) is 17.9. The number of benzene rings is 2. The average Bonchev–Trinajstić information content (AvgIpc) is 3.43. The van der Waals surface area contributed by atoms with Gasteiger partial charge in [0.15, 0.2) is 0 Å². The van der Waals surface area contributed by atoms with E-state index in [1.165, 1.54) is 0 Å². The lowest BCUT2D eigenvalue weighted by Gasteiger charge is -2.28. The van der Waals surface area contributed by atoms with Gasteiger partial charge in [0.2, 0.25) is 5.82 Å². The molecule has 37 heavy (non-hydrogen) atoms. The summed E-state index contributed by atoms with van der Waals surface area (Å²) < 4.78 is 0. The summed E-state index contributed by atoms with van der Waals surface area (Å²) in [5.74, 6) is 0.613. The highest BCUT2D eigenvalue weighted by atomic mass is 16.2. The van der Waals surface area contributed by atoms with Crippen molar-refractivity contribution in [3.05, 3.63) is 78.9 Å². The Labute approximate surface area is 215 Å². The van der Waals surface area contributed by atoms with Gasteiger partial charge >= 0.3 is 6.03 Å². The van der Waals surface area contributed by atoms with Gasteiger partial charge in [-0.2, -0.15) is 0 Å². The maximum Gasteiger partial charge on any atom is 0.319 e. The van der Waals surface area contributed by atoms with E-state index in [-0.39, 0.29) is 23.8 Å². The Morgan fingerprint density at radius 3 is 2.43 bits per heavy atom. The summed E-state index contributed by atoms with van der Waals surface area (Å²) in [6.45, 7) is 1.58. The van der Waals surface area contributed by atoms with Crippen molar-refractivity contribution in [2.45, 2.75) is 12.5 Å². The van der Waals surface area contributed by atoms with Crippen LogP contribution >= 0.6 is 0 Å². The van der Waals surface area contributed by atoms with E-state index in [9.17, 15) is 9.59 Å². The summed E-state index contributed by atoms with van der Waals surface area (Å²) in [6.07, 6.45) is 4.20. The van der Waals surface area contributed by atoms with Crippen molar-refractivity contribution in [2.24, 2.45) is 0 Å². The molecular formula is C28H29N7O2. The number of pyridine rings is 1. The minimum absolute atomic E-state index is 0.00503. The number of fused-ring (bicyclic) bond motifs is 1. The summed E-state index contributed by atoms with van der Waals surface area (Å²) in [7, 11) is 5.38. The van der Waals surface area contributed by atoms with Crippen molar-refractivity contribution in [1.82, 2.24) is 24.8 Å². The van der Waals surface area contributed by atoms with Crippen LogP contribution in [0.2, 0.25) is 0 Å². The van der Waals surface area contributed by atoms with Crippen LogP contribution in [0.25, 0.3) is 22.0 Å². The van der Waals surface area contributed by atoms with Crippen LogP contribution in [0.5, 0.6) is 0 Å². The maximum atomic E-state index is 12.7. The SMILES string of the molecule is CN(C)C(=O)N(C)C1CCN(c2ccc3cc(NC(=O)c4ncc(-c5ccccc5)cn4)ccc3n2)C1. The first-order valence-corrected chi connectivity index (χ1v) is 12.2. The van der Waals surface area contributed by atoms with Gasteiger partial charge in [-0.15, -0.1) is 0 Å². The van der Waals surface area contributed by atoms with E-state index in [4.69, 9.17) is 4.98 Å². The lowest BCUT2D eigenvalue weighted by atomic mass is 10.1. The molecule has 1 aliphatic rings. The molecule has 9 heteroatoms. The van der Waals surface area contributed by atoms with Gasteiger partial charge in [0.25, 0.3) is 5.91 Å². The van der Waals surface area contributed by atoms with E-state index in [2.05, 4.69) is 20.2 Å². The smallest absolute Gasteiger partial charge is 0.319 e. The van der Waals surface area contributed by atoms with Crippen molar-refractivity contribution in [2.75, 3.05) is 44.4 Å². The number of rotatable bonds is 5. The fourth-order valence-electron chi connectivity index (χ4n) is 4.52. The van der Waals surface area contributed by atoms with Crippen LogP contribution < -0.4 is 10.2 Å². The Hall–Kier alpha value is -4.53. The number of likely N-dealkylation sites (N-methyl/N-ethyl adjacent to an activating group) is 1. The predicted octanol–water partition coefficient (Wildman–Crippen LogP) is 4.14. The van der Waals surface area contributed by atoms with Gasteiger partial charge in [-0.25, -0.2) is 19.7 Å². The van der Waals surface area contributed by atoms with E-state index >= 15 is 0 Å². The van der Waals surface area contributed by atoms with Crippen LogP contribution in [0.3, 0.4) is 0 Å². The Bertz CT molecular complexity index is 1420. The van der Waals surface area contributed by atoms with Crippen LogP contribution in [0.1, 0.15) is 17.0 Å². The molecule has 1 aliphatic heterocycles. The molecule has 0 radical (unpaired) electrons. The van der Waals surface area contributed by atoms with Gasteiger partial charge in [-0.1, -0.05) is 30.3 Å². The minimum Gasteiger partial charge on any atom is -0.354 e. The summed E-state index contributed by atoms with van der Waals surface area (Å²) in [4.78, 5) is 43.9. The summed E-state index contributed by atoms with van der Waals surface area (Å²) in [5.41, 5.74) is 3.33. The number of carbonyl (C=O) groups is 2. The van der Waals surface area contributed by atoms with Gasteiger partial charge in [0, 0.05) is 63.3 Å². The molecule has 1 saturated heterocycles. The Morgan fingerprint density at radius 2 is 1.70 bits per heavy atom. The minimum atomic E-state index is -0.372. The summed E-state index contributed by atoms with van der Waals surface area (Å²) in [6, 6.07) is 19.5. The van der Waals surface area contributed by atoms with E-state index in [1.807, 2.05) is 67.7 Å². The summed E-state index contributed by atoms with van der Waals surface area (Å²) in [5, 5.41) is 3.79. The standard InChI is InChI=1S/C28H29N7O2/c1-33(2)28(37)34(3)23-13-14-35(18-23)25-12-9-20-15-22(10-11-24(20)32-25)31-27(36)26-29-16-21(17-30-26)19-7-5-4-6-8-19/h4-12,15-17,23H,13-14,18H2,1-3H3,(H,31,36). The molecule has 0 aliphatic carbocycles. The zero-order valence-electron chi connectivity index (χ0n) is 21.1. The quantitative estimate of drug-likeness (QED) is 0.447. The molecule has 4 aromatic rings.